The van der Waals surface area contributed by atoms with Gasteiger partial charge >= 0.3 is 11.9 Å². The van der Waals surface area contributed by atoms with Crippen LogP contribution in [-0.4, -0.2) is 35.0 Å². The molecule has 2 aromatic carbocycles. The van der Waals surface area contributed by atoms with Crippen molar-refractivity contribution in [1.29, 1.82) is 0 Å². The van der Waals surface area contributed by atoms with Gasteiger partial charge < -0.3 is 14.4 Å². The predicted molar refractivity (Wildman–Crippen MR) is 161 cm³/mol. The molecule has 0 bridgehead atoms. The summed E-state index contributed by atoms with van der Waals surface area (Å²) in [6.45, 7) is 11.0. The Hall–Kier alpha value is -4.15. The minimum atomic E-state index is -4.77. The van der Waals surface area contributed by atoms with Crippen molar-refractivity contribution in [1.82, 2.24) is 4.90 Å². The number of ketones is 2. The van der Waals surface area contributed by atoms with E-state index >= 15 is 0 Å². The molecule has 0 spiro atoms. The molecule has 8 nitrogen and oxygen atoms in total. The van der Waals surface area contributed by atoms with Crippen molar-refractivity contribution in [3.63, 3.8) is 0 Å². The Kier molecular flexibility index (Phi) is 8.12. The summed E-state index contributed by atoms with van der Waals surface area (Å²) in [4.78, 5) is 40.8. The number of Topliss-reactive ketones (excluding diaryl/α,β-unsaturated/α-hetero) is 2. The third-order valence-corrected chi connectivity index (χ3v) is 8.69. The summed E-state index contributed by atoms with van der Waals surface area (Å²) in [6, 6.07) is 6.86. The highest BCUT2D eigenvalue weighted by Crippen LogP contribution is 2.55. The molecule has 1 heterocycles. The minimum absolute atomic E-state index is 0.0174. The van der Waals surface area contributed by atoms with Gasteiger partial charge in [-0.25, -0.2) is 0 Å². The van der Waals surface area contributed by atoms with Gasteiger partial charge in [-0.2, -0.15) is 13.2 Å². The molecular weight excluding hydrogens is 589 g/mol. The molecule has 0 radical (unpaired) electrons. The Morgan fingerprint density at radius 3 is 1.93 bits per heavy atom. The lowest BCUT2D eigenvalue weighted by Gasteiger charge is -2.49. The first-order valence-electron chi connectivity index (χ1n) is 15.0. The number of ether oxygens (including phenoxy) is 2. The summed E-state index contributed by atoms with van der Waals surface area (Å²) in [5.41, 5.74) is 1.15. The van der Waals surface area contributed by atoms with Crippen LogP contribution in [0.1, 0.15) is 83.8 Å². The van der Waals surface area contributed by atoms with Crippen molar-refractivity contribution in [2.45, 2.75) is 78.8 Å². The molecular formula is C34H37F3N2O6. The van der Waals surface area contributed by atoms with Crippen molar-refractivity contribution in [3.8, 4) is 17.2 Å². The van der Waals surface area contributed by atoms with Crippen LogP contribution < -0.4 is 9.47 Å². The maximum atomic E-state index is 13.9. The Morgan fingerprint density at radius 1 is 0.889 bits per heavy atom. The highest BCUT2D eigenvalue weighted by atomic mass is 19.4. The highest BCUT2D eigenvalue weighted by Gasteiger charge is 2.49. The summed E-state index contributed by atoms with van der Waals surface area (Å²) >= 11 is 0. The number of nitro benzene ring substituents is 1. The summed E-state index contributed by atoms with van der Waals surface area (Å²) in [7, 11) is 1.37. The molecule has 2 aliphatic carbocycles. The summed E-state index contributed by atoms with van der Waals surface area (Å²) < 4.78 is 51.0. The number of hydrogen-bond donors (Lipinski definition) is 0. The molecule has 0 amide bonds. The van der Waals surface area contributed by atoms with Crippen LogP contribution in [0.5, 0.6) is 17.2 Å². The zero-order valence-electron chi connectivity index (χ0n) is 26.3. The average molecular weight is 627 g/mol. The van der Waals surface area contributed by atoms with Crippen molar-refractivity contribution >= 4 is 17.3 Å². The second-order valence-corrected chi connectivity index (χ2v) is 13.6. The maximum absolute atomic E-state index is 13.9. The van der Waals surface area contributed by atoms with Gasteiger partial charge in [0, 0.05) is 53.9 Å². The number of carbonyl (C=O) groups excluding carboxylic acids is 2. The second kappa shape index (κ2) is 11.3. The van der Waals surface area contributed by atoms with E-state index in [4.69, 9.17) is 9.47 Å². The number of methoxy groups -OCH3 is 1. The zero-order chi connectivity index (χ0) is 33.1. The average Bonchev–Trinajstić information content (AvgIpc) is 2.92. The first kappa shape index (κ1) is 32.2. The van der Waals surface area contributed by atoms with Gasteiger partial charge in [0.15, 0.2) is 23.1 Å². The first-order valence-corrected chi connectivity index (χ1v) is 15.0. The van der Waals surface area contributed by atoms with Crippen LogP contribution in [0.4, 0.5) is 18.9 Å². The van der Waals surface area contributed by atoms with Crippen LogP contribution in [0.3, 0.4) is 0 Å². The molecule has 0 aromatic heterocycles. The lowest BCUT2D eigenvalue weighted by atomic mass is 9.63. The van der Waals surface area contributed by atoms with Crippen LogP contribution in [0, 0.1) is 20.9 Å². The number of nitrogens with zero attached hydrogens (tertiary/aromatic N) is 2. The largest absolute Gasteiger partial charge is 0.493 e. The number of benzene rings is 2. The van der Waals surface area contributed by atoms with Crippen LogP contribution in [0.15, 0.2) is 58.9 Å². The van der Waals surface area contributed by atoms with Crippen LogP contribution in [0.25, 0.3) is 0 Å². The SMILES string of the molecule is CCCN1C2=C(C(=O)CC(C)(C)C2)C(c2ccc(Oc3ccc(C(F)(F)F)cc3[N+](=O)[O-])c(OC)c2)C2=C1CC(C)(C)CC2=O. The molecule has 0 fully saturated rings. The number of rotatable bonds is 7. The molecule has 0 N–H and O–H groups in total. The number of alkyl halides is 3. The Morgan fingerprint density at radius 2 is 1.44 bits per heavy atom. The molecule has 1 aliphatic heterocycles. The number of hydrogen-bond acceptors (Lipinski definition) is 7. The van der Waals surface area contributed by atoms with Crippen molar-refractivity contribution in [2.75, 3.05) is 13.7 Å². The summed E-state index contributed by atoms with van der Waals surface area (Å²) in [6.07, 6.45) is -1.93. The fraction of sp³-hybridized carbons (Fsp3) is 0.471. The van der Waals surface area contributed by atoms with E-state index in [2.05, 4.69) is 39.5 Å². The molecule has 11 heteroatoms. The van der Waals surface area contributed by atoms with Gasteiger partial charge in [0.1, 0.15) is 0 Å². The third kappa shape index (κ3) is 6.09. The van der Waals surface area contributed by atoms with Crippen LogP contribution in [-0.2, 0) is 15.8 Å². The lowest BCUT2D eigenvalue weighted by Crippen LogP contribution is -2.44. The topological polar surface area (TPSA) is 99.0 Å². The second-order valence-electron chi connectivity index (χ2n) is 13.6. The van der Waals surface area contributed by atoms with E-state index in [1.165, 1.54) is 13.2 Å². The third-order valence-electron chi connectivity index (χ3n) is 8.69. The monoisotopic (exact) mass is 626 g/mol. The smallest absolute Gasteiger partial charge is 0.416 e. The van der Waals surface area contributed by atoms with E-state index in [0.29, 0.717) is 61.1 Å². The first-order chi connectivity index (χ1) is 21.0. The molecule has 3 aliphatic rings. The van der Waals surface area contributed by atoms with Gasteiger partial charge in [-0.05, 0) is 59.9 Å². The van der Waals surface area contributed by atoms with Gasteiger partial charge in [0.05, 0.1) is 17.6 Å². The summed E-state index contributed by atoms with van der Waals surface area (Å²) in [5, 5.41) is 11.6. The van der Waals surface area contributed by atoms with Crippen molar-refractivity contribution in [2.24, 2.45) is 10.8 Å². The quantitative estimate of drug-likeness (QED) is 0.224. The zero-order valence-corrected chi connectivity index (χ0v) is 26.3. The van der Waals surface area contributed by atoms with Gasteiger partial charge in [-0.1, -0.05) is 40.7 Å². The fourth-order valence-electron chi connectivity index (χ4n) is 6.86. The molecule has 5 rings (SSSR count). The molecule has 240 valence electrons. The van der Waals surface area contributed by atoms with E-state index in [1.54, 1.807) is 12.1 Å². The molecule has 2 aromatic rings. The van der Waals surface area contributed by atoms with E-state index < -0.39 is 34.0 Å². The van der Waals surface area contributed by atoms with Gasteiger partial charge in [0.25, 0.3) is 0 Å². The van der Waals surface area contributed by atoms with Crippen LogP contribution >= 0.6 is 0 Å². The van der Waals surface area contributed by atoms with E-state index in [9.17, 15) is 32.9 Å². The van der Waals surface area contributed by atoms with Gasteiger partial charge in [0.2, 0.25) is 5.75 Å². The lowest BCUT2D eigenvalue weighted by molar-refractivity contribution is -0.385. The molecule has 0 saturated heterocycles. The van der Waals surface area contributed by atoms with Gasteiger partial charge in [-0.15, -0.1) is 0 Å². The Labute approximate surface area is 260 Å². The fourth-order valence-corrected chi connectivity index (χ4v) is 6.86. The Balaban J connectivity index is 1.65. The normalized spacial score (nSPS) is 19.8. The number of carbonyl (C=O) groups is 2. The van der Waals surface area contributed by atoms with Crippen molar-refractivity contribution < 1.29 is 37.2 Å². The van der Waals surface area contributed by atoms with E-state index in [-0.39, 0.29) is 33.9 Å². The maximum Gasteiger partial charge on any atom is 0.416 e. The Bertz CT molecular complexity index is 1600. The summed E-state index contributed by atoms with van der Waals surface area (Å²) in [5.74, 6) is -0.889. The number of allylic oxidation sites excluding steroid dienone is 4. The molecule has 0 saturated carbocycles. The van der Waals surface area contributed by atoms with Gasteiger partial charge in [-0.3, -0.25) is 19.7 Å². The predicted octanol–water partition coefficient (Wildman–Crippen LogP) is 8.51. The molecule has 0 unspecified atom stereocenters. The van der Waals surface area contributed by atoms with Crippen LogP contribution in [0.2, 0.25) is 0 Å². The molecule has 45 heavy (non-hydrogen) atoms. The number of halogens is 3. The van der Waals surface area contributed by atoms with Crippen molar-refractivity contribution in [3.05, 3.63) is 80.2 Å². The van der Waals surface area contributed by atoms with E-state index in [1.807, 2.05) is 0 Å². The number of nitro groups is 1. The highest BCUT2D eigenvalue weighted by molar-refractivity contribution is 6.06. The standard InChI is InChI=1S/C34H37F3N2O6/c1-7-12-38-22-15-32(2,3)17-24(40)30(22)29(31-23(38)16-33(4,5)18-25(31)41)19-8-10-27(28(13-19)44-6)45-26-11-9-20(34(35,36)37)14-21(26)39(42)43/h8-11,13-14,29H,7,12,15-18H2,1-6H3. The molecule has 0 atom stereocenters. The minimum Gasteiger partial charge on any atom is -0.493 e. The van der Waals surface area contributed by atoms with E-state index in [0.717, 1.165) is 23.9 Å².